The number of carbonyl (C=O) groups excluding carboxylic acids is 2. The van der Waals surface area contributed by atoms with E-state index in [0.717, 1.165) is 12.6 Å². The molecular formula is C14H18N4O4. The van der Waals surface area contributed by atoms with E-state index in [0.29, 0.717) is 13.0 Å². The van der Waals surface area contributed by atoms with Crippen LogP contribution in [-0.2, 0) is 9.59 Å². The minimum absolute atomic E-state index is 0.0573. The predicted molar refractivity (Wildman–Crippen MR) is 79.1 cm³/mol. The van der Waals surface area contributed by atoms with Crippen molar-refractivity contribution < 1.29 is 14.5 Å². The molecule has 8 heteroatoms. The van der Waals surface area contributed by atoms with E-state index >= 15 is 0 Å². The normalized spacial score (nSPS) is 16.0. The lowest BCUT2D eigenvalue weighted by molar-refractivity contribution is -0.384. The van der Waals surface area contributed by atoms with Crippen molar-refractivity contribution in [3.05, 3.63) is 28.6 Å². The number of hydrogen-bond donors (Lipinski definition) is 1. The van der Waals surface area contributed by atoms with Gasteiger partial charge >= 0.3 is 5.69 Å². The number of anilines is 1. The van der Waals surface area contributed by atoms with E-state index in [1.807, 2.05) is 13.8 Å². The molecule has 22 heavy (non-hydrogen) atoms. The van der Waals surface area contributed by atoms with Crippen molar-refractivity contribution in [3.8, 4) is 0 Å². The molecular weight excluding hydrogens is 288 g/mol. The number of amides is 2. The molecule has 1 aromatic rings. The number of pyridine rings is 1. The highest BCUT2D eigenvalue weighted by molar-refractivity contribution is 5.99. The van der Waals surface area contributed by atoms with Gasteiger partial charge in [0.2, 0.25) is 11.8 Å². The number of hydrogen-bond acceptors (Lipinski definition) is 5. The molecule has 1 aromatic heterocycles. The zero-order valence-electron chi connectivity index (χ0n) is 12.5. The molecule has 0 saturated carbocycles. The highest BCUT2D eigenvalue weighted by atomic mass is 16.6. The third kappa shape index (κ3) is 3.21. The molecule has 8 nitrogen and oxygen atoms in total. The molecule has 0 radical (unpaired) electrons. The van der Waals surface area contributed by atoms with Gasteiger partial charge in [-0.2, -0.15) is 0 Å². The Morgan fingerprint density at radius 2 is 2.23 bits per heavy atom. The molecule has 118 valence electrons. The molecule has 1 fully saturated rings. The number of nitro groups is 1. The number of rotatable bonds is 5. The lowest BCUT2D eigenvalue weighted by Crippen LogP contribution is -2.48. The molecule has 0 aromatic carbocycles. The van der Waals surface area contributed by atoms with Gasteiger partial charge in [0.05, 0.1) is 4.92 Å². The Balaban J connectivity index is 2.22. The van der Waals surface area contributed by atoms with Crippen LogP contribution in [0.15, 0.2) is 18.5 Å². The van der Waals surface area contributed by atoms with Crippen LogP contribution < -0.4 is 5.32 Å². The first-order chi connectivity index (χ1) is 10.4. The SMILES string of the molecule is CC(C)[C@@H](C(=O)Nc1ccncc1[N+](=O)[O-])N1CCCC1=O. The minimum Gasteiger partial charge on any atom is -0.330 e. The molecule has 0 bridgehead atoms. The Morgan fingerprint density at radius 1 is 1.50 bits per heavy atom. The molecule has 2 amide bonds. The summed E-state index contributed by atoms with van der Waals surface area (Å²) in [6.45, 7) is 4.22. The van der Waals surface area contributed by atoms with Crippen molar-refractivity contribution in [3.63, 3.8) is 0 Å². The van der Waals surface area contributed by atoms with Crippen LogP contribution in [0.1, 0.15) is 26.7 Å². The second kappa shape index (κ2) is 6.50. The second-order valence-electron chi connectivity index (χ2n) is 5.52. The Bertz CT molecular complexity index is 602. The van der Waals surface area contributed by atoms with Gasteiger partial charge in [0.15, 0.2) is 0 Å². The molecule has 2 rings (SSSR count). The van der Waals surface area contributed by atoms with Crippen LogP contribution in [0.2, 0.25) is 0 Å². The average Bonchev–Trinajstić information content (AvgIpc) is 2.85. The van der Waals surface area contributed by atoms with Crippen molar-refractivity contribution in [2.24, 2.45) is 5.92 Å². The smallest absolute Gasteiger partial charge is 0.310 e. The van der Waals surface area contributed by atoms with Gasteiger partial charge in [0.1, 0.15) is 17.9 Å². The molecule has 0 aliphatic carbocycles. The monoisotopic (exact) mass is 306 g/mol. The van der Waals surface area contributed by atoms with Gasteiger partial charge in [-0.25, -0.2) is 0 Å². The highest BCUT2D eigenvalue weighted by Crippen LogP contribution is 2.25. The molecule has 0 unspecified atom stereocenters. The van der Waals surface area contributed by atoms with Crippen LogP contribution in [0, 0.1) is 16.0 Å². The summed E-state index contributed by atoms with van der Waals surface area (Å²) in [5, 5.41) is 13.5. The fraction of sp³-hybridized carbons (Fsp3) is 0.500. The fourth-order valence-electron chi connectivity index (χ4n) is 2.61. The van der Waals surface area contributed by atoms with E-state index in [-0.39, 0.29) is 23.2 Å². The molecule has 2 heterocycles. The van der Waals surface area contributed by atoms with E-state index < -0.39 is 16.9 Å². The standard InChI is InChI=1S/C14H18N4O4/c1-9(2)13(17-7-3-4-12(17)19)14(20)16-10-5-6-15-8-11(10)18(21)22/h5-6,8-9,13H,3-4,7H2,1-2H3,(H,15,16,20)/t13-/m0/s1. The largest absolute Gasteiger partial charge is 0.330 e. The number of nitrogens with zero attached hydrogens (tertiary/aromatic N) is 3. The lowest BCUT2D eigenvalue weighted by Gasteiger charge is -2.29. The zero-order chi connectivity index (χ0) is 16.3. The van der Waals surface area contributed by atoms with Crippen molar-refractivity contribution in [1.29, 1.82) is 0 Å². The summed E-state index contributed by atoms with van der Waals surface area (Å²) in [7, 11) is 0. The third-order valence-corrected chi connectivity index (χ3v) is 3.60. The molecule has 1 N–H and O–H groups in total. The van der Waals surface area contributed by atoms with Crippen molar-refractivity contribution in [2.75, 3.05) is 11.9 Å². The van der Waals surface area contributed by atoms with Gasteiger partial charge in [-0.3, -0.25) is 24.7 Å². The first-order valence-corrected chi connectivity index (χ1v) is 7.10. The summed E-state index contributed by atoms with van der Waals surface area (Å²) in [5.74, 6) is -0.569. The molecule has 0 spiro atoms. The summed E-state index contributed by atoms with van der Waals surface area (Å²) in [6.07, 6.45) is 3.62. The Labute approximate surface area is 127 Å². The molecule has 1 aliphatic rings. The van der Waals surface area contributed by atoms with E-state index in [2.05, 4.69) is 10.3 Å². The lowest BCUT2D eigenvalue weighted by atomic mass is 10.0. The topological polar surface area (TPSA) is 105 Å². The van der Waals surface area contributed by atoms with Crippen molar-refractivity contribution in [1.82, 2.24) is 9.88 Å². The van der Waals surface area contributed by atoms with Gasteiger partial charge in [0.25, 0.3) is 0 Å². The summed E-state index contributed by atoms with van der Waals surface area (Å²) < 4.78 is 0. The zero-order valence-corrected chi connectivity index (χ0v) is 12.5. The molecule has 1 atom stereocenters. The van der Waals surface area contributed by atoms with Crippen LogP contribution in [-0.4, -0.2) is 39.2 Å². The number of likely N-dealkylation sites (tertiary alicyclic amines) is 1. The van der Waals surface area contributed by atoms with Crippen LogP contribution in [0.25, 0.3) is 0 Å². The minimum atomic E-state index is -0.636. The van der Waals surface area contributed by atoms with E-state index in [4.69, 9.17) is 0 Å². The summed E-state index contributed by atoms with van der Waals surface area (Å²) >= 11 is 0. The summed E-state index contributed by atoms with van der Waals surface area (Å²) in [4.78, 5) is 40.0. The average molecular weight is 306 g/mol. The third-order valence-electron chi connectivity index (χ3n) is 3.60. The predicted octanol–water partition coefficient (Wildman–Crippen LogP) is 1.58. The summed E-state index contributed by atoms with van der Waals surface area (Å²) in [6, 6.07) is 0.738. The van der Waals surface area contributed by atoms with Crippen LogP contribution in [0.4, 0.5) is 11.4 Å². The van der Waals surface area contributed by atoms with Crippen LogP contribution in [0.5, 0.6) is 0 Å². The van der Waals surface area contributed by atoms with E-state index in [9.17, 15) is 19.7 Å². The first-order valence-electron chi connectivity index (χ1n) is 7.10. The van der Waals surface area contributed by atoms with Gasteiger partial charge in [-0.1, -0.05) is 13.8 Å². The first kappa shape index (κ1) is 15.9. The van der Waals surface area contributed by atoms with Crippen molar-refractivity contribution >= 4 is 23.2 Å². The van der Waals surface area contributed by atoms with E-state index in [1.165, 1.54) is 12.3 Å². The number of carbonyl (C=O) groups is 2. The Hall–Kier alpha value is -2.51. The van der Waals surface area contributed by atoms with Gasteiger partial charge in [-0.15, -0.1) is 0 Å². The van der Waals surface area contributed by atoms with Crippen LogP contribution >= 0.6 is 0 Å². The maximum absolute atomic E-state index is 12.5. The maximum Gasteiger partial charge on any atom is 0.310 e. The fourth-order valence-corrected chi connectivity index (χ4v) is 2.61. The number of aromatic nitrogens is 1. The van der Waals surface area contributed by atoms with Crippen molar-refractivity contribution in [2.45, 2.75) is 32.7 Å². The van der Waals surface area contributed by atoms with Crippen LogP contribution in [0.3, 0.4) is 0 Å². The Morgan fingerprint density at radius 3 is 2.77 bits per heavy atom. The quantitative estimate of drug-likeness (QED) is 0.656. The van der Waals surface area contributed by atoms with Gasteiger partial charge < -0.3 is 10.2 Å². The van der Waals surface area contributed by atoms with Gasteiger partial charge in [-0.05, 0) is 18.4 Å². The van der Waals surface area contributed by atoms with E-state index in [1.54, 1.807) is 4.90 Å². The highest BCUT2D eigenvalue weighted by Gasteiger charge is 2.35. The number of nitrogens with one attached hydrogen (secondary N) is 1. The Kier molecular flexibility index (Phi) is 4.69. The van der Waals surface area contributed by atoms with Gasteiger partial charge in [0, 0.05) is 19.2 Å². The maximum atomic E-state index is 12.5. The summed E-state index contributed by atoms with van der Waals surface area (Å²) in [5.41, 5.74) is -0.187. The second-order valence-corrected chi connectivity index (χ2v) is 5.52. The molecule has 1 aliphatic heterocycles. The molecule has 1 saturated heterocycles.